The van der Waals surface area contributed by atoms with Gasteiger partial charge in [0.25, 0.3) is 0 Å². The van der Waals surface area contributed by atoms with Crippen molar-refractivity contribution in [2.24, 2.45) is 0 Å². The van der Waals surface area contributed by atoms with Crippen LogP contribution in [0.5, 0.6) is 0 Å². The van der Waals surface area contributed by atoms with Gasteiger partial charge >= 0.3 is 0 Å². The van der Waals surface area contributed by atoms with Crippen LogP contribution in [0.1, 0.15) is 11.5 Å². The summed E-state index contributed by atoms with van der Waals surface area (Å²) in [6, 6.07) is 13.7. The van der Waals surface area contributed by atoms with Crippen LogP contribution in [0.3, 0.4) is 0 Å². The molecule has 21 heavy (non-hydrogen) atoms. The number of halogens is 1. The molecule has 0 fully saturated rings. The molecule has 3 aromatic rings. The third-order valence-corrected chi connectivity index (χ3v) is 4.03. The lowest BCUT2D eigenvalue weighted by Gasteiger charge is -2.15. The fraction of sp³-hybridized carbons (Fsp3) is 0.188. The molecule has 5 heteroatoms. The Hall–Kier alpha value is -1.85. The maximum Gasteiger partial charge on any atom is 0.209 e. The zero-order chi connectivity index (χ0) is 14.8. The Kier molecular flexibility index (Phi) is 3.94. The Balaban J connectivity index is 1.74. The van der Waals surface area contributed by atoms with Crippen LogP contribution in [0, 0.1) is 0 Å². The monoisotopic (exact) mass is 345 g/mol. The molecule has 0 atom stereocenters. The van der Waals surface area contributed by atoms with Crippen molar-refractivity contribution in [1.82, 2.24) is 9.88 Å². The fourth-order valence-electron chi connectivity index (χ4n) is 2.26. The number of anilines is 1. The van der Waals surface area contributed by atoms with Crippen molar-refractivity contribution in [3.8, 4) is 0 Å². The van der Waals surface area contributed by atoms with Gasteiger partial charge in [-0.2, -0.15) is 0 Å². The van der Waals surface area contributed by atoms with Crippen molar-refractivity contribution >= 4 is 32.7 Å². The number of nitrogen functional groups attached to an aromatic ring is 1. The van der Waals surface area contributed by atoms with Crippen LogP contribution in [-0.2, 0) is 13.1 Å². The normalized spacial score (nSPS) is 11.4. The molecule has 2 N–H and O–H groups in total. The van der Waals surface area contributed by atoms with E-state index >= 15 is 0 Å². The van der Waals surface area contributed by atoms with Crippen LogP contribution in [0.25, 0.3) is 11.1 Å². The number of benzene rings is 2. The number of hydrogen-bond donors (Lipinski definition) is 1. The van der Waals surface area contributed by atoms with Crippen LogP contribution in [0.15, 0.2) is 51.4 Å². The molecule has 0 spiro atoms. The molecule has 0 saturated heterocycles. The molecule has 1 heterocycles. The van der Waals surface area contributed by atoms with Crippen LogP contribution >= 0.6 is 15.9 Å². The summed E-state index contributed by atoms with van der Waals surface area (Å²) in [4.78, 5) is 6.64. The molecule has 0 aliphatic rings. The van der Waals surface area contributed by atoms with Gasteiger partial charge in [-0.05, 0) is 36.9 Å². The van der Waals surface area contributed by atoms with Crippen molar-refractivity contribution < 1.29 is 4.42 Å². The summed E-state index contributed by atoms with van der Waals surface area (Å²) in [6.07, 6.45) is 0. The first-order valence-corrected chi connectivity index (χ1v) is 7.48. The van der Waals surface area contributed by atoms with E-state index in [1.54, 1.807) is 0 Å². The quantitative estimate of drug-likeness (QED) is 0.730. The highest BCUT2D eigenvalue weighted by Crippen LogP contribution is 2.21. The van der Waals surface area contributed by atoms with Gasteiger partial charge < -0.3 is 10.2 Å². The number of oxazole rings is 1. The summed E-state index contributed by atoms with van der Waals surface area (Å²) in [5, 5.41) is 0. The molecule has 0 unspecified atom stereocenters. The summed E-state index contributed by atoms with van der Waals surface area (Å²) >= 11 is 3.57. The van der Waals surface area contributed by atoms with Gasteiger partial charge in [0.05, 0.1) is 6.54 Å². The average molecular weight is 346 g/mol. The molecule has 0 radical (unpaired) electrons. The fourth-order valence-corrected chi connectivity index (χ4v) is 2.67. The van der Waals surface area contributed by atoms with E-state index in [1.807, 2.05) is 43.4 Å². The molecule has 0 bridgehead atoms. The zero-order valence-electron chi connectivity index (χ0n) is 11.7. The number of nitrogens with two attached hydrogens (primary N) is 1. The predicted octanol–water partition coefficient (Wildman–Crippen LogP) is 3.80. The Bertz CT molecular complexity index is 769. The average Bonchev–Trinajstić information content (AvgIpc) is 2.82. The first kappa shape index (κ1) is 14.1. The van der Waals surface area contributed by atoms with E-state index in [2.05, 4.69) is 31.9 Å². The maximum atomic E-state index is 5.76. The second-order valence-corrected chi connectivity index (χ2v) is 5.95. The SMILES string of the molecule is CN(Cc1nc2cc(N)ccc2o1)Cc1ccccc1Br. The van der Waals surface area contributed by atoms with Crippen LogP contribution in [0.4, 0.5) is 5.69 Å². The van der Waals surface area contributed by atoms with Gasteiger partial charge in [-0.15, -0.1) is 0 Å². The molecule has 3 rings (SSSR count). The Morgan fingerprint density at radius 2 is 2.00 bits per heavy atom. The Morgan fingerprint density at radius 3 is 2.81 bits per heavy atom. The van der Waals surface area contributed by atoms with Gasteiger partial charge in [0.1, 0.15) is 5.52 Å². The van der Waals surface area contributed by atoms with Gasteiger partial charge in [0, 0.05) is 16.7 Å². The molecule has 0 aliphatic heterocycles. The van der Waals surface area contributed by atoms with E-state index in [9.17, 15) is 0 Å². The van der Waals surface area contributed by atoms with Crippen molar-refractivity contribution in [3.05, 3.63) is 58.4 Å². The molecule has 2 aromatic carbocycles. The topological polar surface area (TPSA) is 55.3 Å². The lowest BCUT2D eigenvalue weighted by molar-refractivity contribution is 0.285. The molecule has 108 valence electrons. The van der Waals surface area contributed by atoms with Gasteiger partial charge in [0.2, 0.25) is 5.89 Å². The standard InChI is InChI=1S/C16H16BrN3O/c1-20(9-11-4-2-3-5-13(11)17)10-16-19-14-8-12(18)6-7-15(14)21-16/h2-8H,9-10,18H2,1H3. The minimum atomic E-state index is 0.649. The first-order valence-electron chi connectivity index (χ1n) is 6.69. The van der Waals surface area contributed by atoms with E-state index < -0.39 is 0 Å². The van der Waals surface area contributed by atoms with Crippen molar-refractivity contribution in [1.29, 1.82) is 0 Å². The molecular formula is C16H16BrN3O. The number of rotatable bonds is 4. The van der Waals surface area contributed by atoms with Crippen molar-refractivity contribution in [2.45, 2.75) is 13.1 Å². The summed E-state index contributed by atoms with van der Waals surface area (Å²) in [6.45, 7) is 1.47. The van der Waals surface area contributed by atoms with E-state index in [4.69, 9.17) is 10.2 Å². The van der Waals surface area contributed by atoms with Gasteiger partial charge in [-0.25, -0.2) is 4.98 Å². The number of hydrogen-bond acceptors (Lipinski definition) is 4. The molecule has 0 amide bonds. The minimum Gasteiger partial charge on any atom is -0.439 e. The van der Waals surface area contributed by atoms with Gasteiger partial charge in [0.15, 0.2) is 5.58 Å². The lowest BCUT2D eigenvalue weighted by Crippen LogP contribution is -2.17. The molecule has 4 nitrogen and oxygen atoms in total. The van der Waals surface area contributed by atoms with Gasteiger partial charge in [-0.1, -0.05) is 34.1 Å². The summed E-state index contributed by atoms with van der Waals surface area (Å²) in [5.41, 5.74) is 9.27. The second-order valence-electron chi connectivity index (χ2n) is 5.10. The summed E-state index contributed by atoms with van der Waals surface area (Å²) in [7, 11) is 2.04. The minimum absolute atomic E-state index is 0.649. The molecule has 1 aromatic heterocycles. The van der Waals surface area contributed by atoms with Gasteiger partial charge in [-0.3, -0.25) is 4.90 Å². The number of fused-ring (bicyclic) bond motifs is 1. The van der Waals surface area contributed by atoms with Crippen LogP contribution in [0.2, 0.25) is 0 Å². The van der Waals surface area contributed by atoms with E-state index in [0.717, 1.165) is 22.1 Å². The van der Waals surface area contributed by atoms with Crippen LogP contribution < -0.4 is 5.73 Å². The summed E-state index contributed by atoms with van der Waals surface area (Å²) in [5.74, 6) is 0.699. The third kappa shape index (κ3) is 3.25. The van der Waals surface area contributed by atoms with E-state index in [0.29, 0.717) is 18.1 Å². The molecule has 0 saturated carbocycles. The zero-order valence-corrected chi connectivity index (χ0v) is 13.3. The highest BCUT2D eigenvalue weighted by Gasteiger charge is 2.10. The molecular weight excluding hydrogens is 330 g/mol. The smallest absolute Gasteiger partial charge is 0.209 e. The Morgan fingerprint density at radius 1 is 1.19 bits per heavy atom. The van der Waals surface area contributed by atoms with E-state index in [-0.39, 0.29) is 0 Å². The van der Waals surface area contributed by atoms with Crippen molar-refractivity contribution in [3.63, 3.8) is 0 Å². The van der Waals surface area contributed by atoms with Crippen molar-refractivity contribution in [2.75, 3.05) is 12.8 Å². The maximum absolute atomic E-state index is 5.76. The predicted molar refractivity (Wildman–Crippen MR) is 87.7 cm³/mol. The highest BCUT2D eigenvalue weighted by atomic mass is 79.9. The summed E-state index contributed by atoms with van der Waals surface area (Å²) < 4.78 is 6.85. The third-order valence-electron chi connectivity index (χ3n) is 3.26. The largest absolute Gasteiger partial charge is 0.439 e. The Labute approximate surface area is 131 Å². The lowest BCUT2D eigenvalue weighted by atomic mass is 10.2. The first-order chi connectivity index (χ1) is 10.1. The van der Waals surface area contributed by atoms with Crippen LogP contribution in [-0.4, -0.2) is 16.9 Å². The number of nitrogens with zero attached hydrogens (tertiary/aromatic N) is 2. The second kappa shape index (κ2) is 5.87. The highest BCUT2D eigenvalue weighted by molar-refractivity contribution is 9.10. The molecule has 0 aliphatic carbocycles. The van der Waals surface area contributed by atoms with E-state index in [1.165, 1.54) is 5.56 Å². The number of aromatic nitrogens is 1.